The molecule has 128 valence electrons. The minimum Gasteiger partial charge on any atom is -0.465 e. The number of rotatable bonds is 5. The standard InChI is InChI=1S/C20H19NO3S/c1-3-24-19(22)13-21-12-18(25-15-10-8-14(2)9-11-15)20(23)16-6-4-5-7-17(16)21/h4-12H,3,13H2,1-2H3. The monoisotopic (exact) mass is 353 g/mol. The molecule has 0 aliphatic rings. The highest BCUT2D eigenvalue weighted by molar-refractivity contribution is 7.99. The van der Waals surface area contributed by atoms with E-state index in [1.54, 1.807) is 23.8 Å². The molecule has 0 aliphatic carbocycles. The Morgan fingerprint density at radius 2 is 1.84 bits per heavy atom. The van der Waals surface area contributed by atoms with Crippen LogP contribution in [-0.2, 0) is 16.1 Å². The largest absolute Gasteiger partial charge is 0.465 e. The molecule has 0 saturated heterocycles. The normalized spacial score (nSPS) is 10.8. The second-order valence-electron chi connectivity index (χ2n) is 5.69. The minimum atomic E-state index is -0.317. The number of carbonyl (C=O) groups is 1. The van der Waals surface area contributed by atoms with Gasteiger partial charge in [0.1, 0.15) is 6.54 Å². The Balaban J connectivity index is 2.06. The van der Waals surface area contributed by atoms with E-state index < -0.39 is 0 Å². The average Bonchev–Trinajstić information content (AvgIpc) is 2.61. The van der Waals surface area contributed by atoms with Gasteiger partial charge < -0.3 is 9.30 Å². The van der Waals surface area contributed by atoms with Crippen molar-refractivity contribution in [1.29, 1.82) is 0 Å². The number of para-hydroxylation sites is 1. The van der Waals surface area contributed by atoms with Crippen LogP contribution in [0, 0.1) is 6.92 Å². The molecule has 0 fully saturated rings. The summed E-state index contributed by atoms with van der Waals surface area (Å²) in [5.41, 5.74) is 1.87. The SMILES string of the molecule is CCOC(=O)Cn1cc(Sc2ccc(C)cc2)c(=O)c2ccccc21. The van der Waals surface area contributed by atoms with Crippen molar-refractivity contribution in [2.75, 3.05) is 6.61 Å². The summed E-state index contributed by atoms with van der Waals surface area (Å²) in [6.45, 7) is 4.22. The molecule has 25 heavy (non-hydrogen) atoms. The quantitative estimate of drug-likeness (QED) is 0.650. The number of carbonyl (C=O) groups excluding carboxylic acids is 1. The van der Waals surface area contributed by atoms with Gasteiger partial charge in [-0.3, -0.25) is 9.59 Å². The molecule has 0 unspecified atom stereocenters. The third-order valence-corrected chi connectivity index (χ3v) is 4.83. The molecule has 0 N–H and O–H groups in total. The van der Waals surface area contributed by atoms with Gasteiger partial charge in [-0.25, -0.2) is 0 Å². The van der Waals surface area contributed by atoms with Crippen molar-refractivity contribution < 1.29 is 9.53 Å². The lowest BCUT2D eigenvalue weighted by atomic mass is 10.2. The predicted molar refractivity (Wildman–Crippen MR) is 100 cm³/mol. The van der Waals surface area contributed by atoms with Gasteiger partial charge in [-0.2, -0.15) is 0 Å². The third kappa shape index (κ3) is 3.94. The van der Waals surface area contributed by atoms with Gasteiger partial charge in [0.15, 0.2) is 0 Å². The van der Waals surface area contributed by atoms with Gasteiger partial charge in [-0.15, -0.1) is 0 Å². The molecule has 0 atom stereocenters. The number of ether oxygens (including phenoxy) is 1. The van der Waals surface area contributed by atoms with Crippen LogP contribution in [0.2, 0.25) is 0 Å². The highest BCUT2D eigenvalue weighted by Gasteiger charge is 2.12. The Bertz CT molecular complexity index is 961. The van der Waals surface area contributed by atoms with Gasteiger partial charge in [0.05, 0.1) is 17.0 Å². The first-order valence-corrected chi connectivity index (χ1v) is 8.92. The molecule has 0 bridgehead atoms. The molecule has 5 heteroatoms. The summed E-state index contributed by atoms with van der Waals surface area (Å²) in [7, 11) is 0. The second-order valence-corrected chi connectivity index (χ2v) is 6.80. The number of hydrogen-bond acceptors (Lipinski definition) is 4. The van der Waals surface area contributed by atoms with Crippen LogP contribution >= 0.6 is 11.8 Å². The summed E-state index contributed by atoms with van der Waals surface area (Å²) >= 11 is 1.41. The molecule has 0 amide bonds. The Hall–Kier alpha value is -2.53. The predicted octanol–water partition coefficient (Wildman–Crippen LogP) is 4.02. The Morgan fingerprint density at radius 1 is 1.12 bits per heavy atom. The van der Waals surface area contributed by atoms with Crippen molar-refractivity contribution in [3.8, 4) is 0 Å². The van der Waals surface area contributed by atoms with Gasteiger partial charge in [-0.05, 0) is 38.1 Å². The number of nitrogens with zero attached hydrogens (tertiary/aromatic N) is 1. The fourth-order valence-electron chi connectivity index (χ4n) is 2.60. The van der Waals surface area contributed by atoms with Crippen molar-refractivity contribution in [2.24, 2.45) is 0 Å². The van der Waals surface area contributed by atoms with Crippen LogP contribution in [0.25, 0.3) is 10.9 Å². The maximum atomic E-state index is 12.8. The summed E-state index contributed by atoms with van der Waals surface area (Å²) in [4.78, 5) is 26.3. The van der Waals surface area contributed by atoms with E-state index in [0.29, 0.717) is 16.9 Å². The number of pyridine rings is 1. The molecular formula is C20H19NO3S. The number of benzene rings is 2. The maximum absolute atomic E-state index is 12.8. The number of fused-ring (bicyclic) bond motifs is 1. The fourth-order valence-corrected chi connectivity index (χ4v) is 3.51. The molecule has 0 spiro atoms. The Kier molecular flexibility index (Phi) is 5.24. The fraction of sp³-hybridized carbons (Fsp3) is 0.200. The zero-order valence-corrected chi connectivity index (χ0v) is 15.0. The van der Waals surface area contributed by atoms with Gasteiger partial charge in [0.2, 0.25) is 5.43 Å². The summed E-state index contributed by atoms with van der Waals surface area (Å²) in [5, 5.41) is 0.601. The van der Waals surface area contributed by atoms with Gasteiger partial charge in [-0.1, -0.05) is 41.6 Å². The number of aromatic nitrogens is 1. The molecule has 0 radical (unpaired) electrons. The van der Waals surface area contributed by atoms with Gasteiger partial charge in [0.25, 0.3) is 0 Å². The first-order valence-electron chi connectivity index (χ1n) is 8.11. The van der Waals surface area contributed by atoms with Crippen LogP contribution < -0.4 is 5.43 Å². The van der Waals surface area contributed by atoms with Crippen molar-refractivity contribution in [3.63, 3.8) is 0 Å². The molecule has 2 aromatic carbocycles. The van der Waals surface area contributed by atoms with Crippen molar-refractivity contribution in [1.82, 2.24) is 4.57 Å². The lowest BCUT2D eigenvalue weighted by Crippen LogP contribution is -2.17. The lowest BCUT2D eigenvalue weighted by Gasteiger charge is -2.13. The molecule has 1 heterocycles. The van der Waals surface area contributed by atoms with Crippen LogP contribution in [0.5, 0.6) is 0 Å². The number of esters is 1. The smallest absolute Gasteiger partial charge is 0.325 e. The first-order chi connectivity index (χ1) is 12.1. The van der Waals surface area contributed by atoms with E-state index in [1.165, 1.54) is 17.3 Å². The summed E-state index contributed by atoms with van der Waals surface area (Å²) in [6, 6.07) is 15.3. The third-order valence-electron chi connectivity index (χ3n) is 3.81. The van der Waals surface area contributed by atoms with Crippen molar-refractivity contribution in [3.05, 3.63) is 70.5 Å². The minimum absolute atomic E-state index is 0.0266. The molecule has 0 aliphatic heterocycles. The molecular weight excluding hydrogens is 334 g/mol. The van der Waals surface area contributed by atoms with E-state index >= 15 is 0 Å². The molecule has 4 nitrogen and oxygen atoms in total. The highest BCUT2D eigenvalue weighted by Crippen LogP contribution is 2.27. The van der Waals surface area contributed by atoms with Crippen LogP contribution in [0.1, 0.15) is 12.5 Å². The summed E-state index contributed by atoms with van der Waals surface area (Å²) < 4.78 is 6.83. The summed E-state index contributed by atoms with van der Waals surface area (Å²) in [6.07, 6.45) is 1.74. The molecule has 3 rings (SSSR count). The Labute approximate surface area is 150 Å². The second kappa shape index (κ2) is 7.57. The van der Waals surface area contributed by atoms with E-state index in [4.69, 9.17) is 4.74 Å². The van der Waals surface area contributed by atoms with E-state index in [-0.39, 0.29) is 17.9 Å². The van der Waals surface area contributed by atoms with Gasteiger partial charge in [0, 0.05) is 16.5 Å². The van der Waals surface area contributed by atoms with E-state index in [9.17, 15) is 9.59 Å². The van der Waals surface area contributed by atoms with Crippen LogP contribution in [0.3, 0.4) is 0 Å². The average molecular weight is 353 g/mol. The van der Waals surface area contributed by atoms with Crippen LogP contribution in [0.15, 0.2) is 69.3 Å². The van der Waals surface area contributed by atoms with E-state index in [1.807, 2.05) is 49.4 Å². The number of aryl methyl sites for hydroxylation is 1. The highest BCUT2D eigenvalue weighted by atomic mass is 32.2. The molecule has 0 saturated carbocycles. The molecule has 3 aromatic rings. The lowest BCUT2D eigenvalue weighted by molar-refractivity contribution is -0.143. The maximum Gasteiger partial charge on any atom is 0.325 e. The van der Waals surface area contributed by atoms with Crippen molar-refractivity contribution in [2.45, 2.75) is 30.2 Å². The zero-order chi connectivity index (χ0) is 17.8. The van der Waals surface area contributed by atoms with E-state index in [2.05, 4.69) is 0 Å². The van der Waals surface area contributed by atoms with Crippen molar-refractivity contribution >= 4 is 28.6 Å². The summed E-state index contributed by atoms with van der Waals surface area (Å²) in [5.74, 6) is -0.317. The zero-order valence-electron chi connectivity index (χ0n) is 14.2. The van der Waals surface area contributed by atoms with E-state index in [0.717, 1.165) is 10.4 Å². The topological polar surface area (TPSA) is 48.3 Å². The number of hydrogen-bond donors (Lipinski definition) is 0. The van der Waals surface area contributed by atoms with Crippen LogP contribution in [0.4, 0.5) is 0 Å². The van der Waals surface area contributed by atoms with Gasteiger partial charge >= 0.3 is 5.97 Å². The van der Waals surface area contributed by atoms with Crippen LogP contribution in [-0.4, -0.2) is 17.1 Å². The Morgan fingerprint density at radius 3 is 2.56 bits per heavy atom. The molecule has 1 aromatic heterocycles. The first kappa shape index (κ1) is 17.3.